The van der Waals surface area contributed by atoms with Gasteiger partial charge in [-0.15, -0.1) is 0 Å². The van der Waals surface area contributed by atoms with Crippen molar-refractivity contribution in [2.24, 2.45) is 0 Å². The van der Waals surface area contributed by atoms with E-state index >= 15 is 0 Å². The molecule has 4 aromatic rings. The molecule has 3 aromatic carbocycles. The molecule has 35 heavy (non-hydrogen) atoms. The molecule has 0 saturated heterocycles. The van der Waals surface area contributed by atoms with Crippen molar-refractivity contribution in [1.29, 1.82) is 0 Å². The minimum Gasteiger partial charge on any atom is -0.486 e. The number of halogens is 1. The molecule has 176 valence electrons. The predicted molar refractivity (Wildman–Crippen MR) is 129 cm³/mol. The Morgan fingerprint density at radius 2 is 1.71 bits per heavy atom. The van der Waals surface area contributed by atoms with E-state index in [1.54, 1.807) is 42.5 Å². The number of anilines is 1. The number of hydrogen-bond acceptors (Lipinski definition) is 5. The number of hydrogen-bond donors (Lipinski definition) is 1. The van der Waals surface area contributed by atoms with Gasteiger partial charge >= 0.3 is 0 Å². The van der Waals surface area contributed by atoms with Crippen LogP contribution in [0.25, 0.3) is 10.9 Å². The van der Waals surface area contributed by atoms with Crippen LogP contribution in [-0.2, 0) is 11.3 Å². The summed E-state index contributed by atoms with van der Waals surface area (Å²) in [4.78, 5) is 39.1. The number of ether oxygens (including phenoxy) is 2. The van der Waals surface area contributed by atoms with Crippen molar-refractivity contribution in [3.05, 3.63) is 99.6 Å². The summed E-state index contributed by atoms with van der Waals surface area (Å²) in [6.07, 6.45) is 1.36. The van der Waals surface area contributed by atoms with Crippen LogP contribution < -0.4 is 20.2 Å². The molecule has 1 amide bonds. The first-order valence-corrected chi connectivity index (χ1v) is 11.0. The Balaban J connectivity index is 1.49. The fourth-order valence-electron chi connectivity index (χ4n) is 4.00. The Bertz CT molecular complexity index is 1530. The number of fused-ring (bicyclic) bond motifs is 2. The second kappa shape index (κ2) is 9.06. The van der Waals surface area contributed by atoms with Crippen LogP contribution >= 0.6 is 0 Å². The highest BCUT2D eigenvalue weighted by Gasteiger charge is 2.19. The maximum atomic E-state index is 14.0. The summed E-state index contributed by atoms with van der Waals surface area (Å²) < 4.78 is 26.5. The lowest BCUT2D eigenvalue weighted by molar-refractivity contribution is -0.116. The van der Waals surface area contributed by atoms with Gasteiger partial charge in [0, 0.05) is 28.9 Å². The molecule has 1 aromatic heterocycles. The standard InChI is InChI=1S/C27H21FN2O5/c1-16-2-4-17(5-3-16)26(32)21-14-30(22-8-6-18(28)12-20(22)27(21)33)15-25(31)29-19-7-9-23-24(13-19)35-11-10-34-23/h2-9,12-14H,10-11,15H2,1H3,(H,29,31). The van der Waals surface area contributed by atoms with E-state index in [4.69, 9.17) is 9.47 Å². The van der Waals surface area contributed by atoms with Crippen LogP contribution in [0, 0.1) is 12.7 Å². The van der Waals surface area contributed by atoms with Crippen LogP contribution in [0.15, 0.2) is 71.7 Å². The summed E-state index contributed by atoms with van der Waals surface area (Å²) in [5, 5.41) is 2.81. The van der Waals surface area contributed by atoms with Crippen molar-refractivity contribution in [3.63, 3.8) is 0 Å². The number of carbonyl (C=O) groups is 2. The number of ketones is 1. The molecule has 0 unspecified atom stereocenters. The van der Waals surface area contributed by atoms with Crippen molar-refractivity contribution >= 4 is 28.3 Å². The third-order valence-electron chi connectivity index (χ3n) is 5.74. The van der Waals surface area contributed by atoms with Crippen molar-refractivity contribution < 1.29 is 23.5 Å². The fraction of sp³-hybridized carbons (Fsp3) is 0.148. The topological polar surface area (TPSA) is 86.6 Å². The zero-order chi connectivity index (χ0) is 24.5. The Kier molecular flexibility index (Phi) is 5.78. The molecule has 0 aliphatic carbocycles. The number of nitrogens with zero attached hydrogens (tertiary/aromatic N) is 1. The van der Waals surface area contributed by atoms with Gasteiger partial charge in [0.2, 0.25) is 11.3 Å². The number of nitrogens with one attached hydrogen (secondary N) is 1. The lowest BCUT2D eigenvalue weighted by Crippen LogP contribution is -2.24. The summed E-state index contributed by atoms with van der Waals surface area (Å²) in [6, 6.07) is 15.6. The van der Waals surface area contributed by atoms with Crippen LogP contribution in [0.1, 0.15) is 21.5 Å². The van der Waals surface area contributed by atoms with Gasteiger partial charge in [0.05, 0.1) is 11.1 Å². The number of aryl methyl sites for hydroxylation is 1. The van der Waals surface area contributed by atoms with Crippen molar-refractivity contribution in [2.45, 2.75) is 13.5 Å². The summed E-state index contributed by atoms with van der Waals surface area (Å²) >= 11 is 0. The summed E-state index contributed by atoms with van der Waals surface area (Å²) in [5.74, 6) is -0.375. The first-order chi connectivity index (χ1) is 16.9. The van der Waals surface area contributed by atoms with Crippen LogP contribution in [0.4, 0.5) is 10.1 Å². The van der Waals surface area contributed by atoms with Crippen molar-refractivity contribution in [3.8, 4) is 11.5 Å². The van der Waals surface area contributed by atoms with Gasteiger partial charge in [0.25, 0.3) is 0 Å². The first kappa shape index (κ1) is 22.3. The molecule has 0 spiro atoms. The molecule has 7 nitrogen and oxygen atoms in total. The molecule has 0 fully saturated rings. The second-order valence-electron chi connectivity index (χ2n) is 8.26. The van der Waals surface area contributed by atoms with Crippen LogP contribution in [0.3, 0.4) is 0 Å². The van der Waals surface area contributed by atoms with Gasteiger partial charge in [-0.25, -0.2) is 4.39 Å². The Morgan fingerprint density at radius 3 is 2.49 bits per heavy atom. The number of benzene rings is 3. The molecule has 8 heteroatoms. The van der Waals surface area contributed by atoms with E-state index in [0.717, 1.165) is 11.6 Å². The largest absolute Gasteiger partial charge is 0.486 e. The van der Waals surface area contributed by atoms with Crippen LogP contribution in [-0.4, -0.2) is 29.5 Å². The van der Waals surface area contributed by atoms with Gasteiger partial charge in [-0.1, -0.05) is 29.8 Å². The fourth-order valence-corrected chi connectivity index (χ4v) is 4.00. The van der Waals surface area contributed by atoms with E-state index in [1.165, 1.54) is 22.9 Å². The van der Waals surface area contributed by atoms with E-state index in [0.29, 0.717) is 41.5 Å². The van der Waals surface area contributed by atoms with Gasteiger partial charge in [0.1, 0.15) is 25.6 Å². The average molecular weight is 472 g/mol. The molecule has 5 rings (SSSR count). The summed E-state index contributed by atoms with van der Waals surface area (Å²) in [6.45, 7) is 2.57. The quantitative estimate of drug-likeness (QED) is 0.442. The van der Waals surface area contributed by atoms with E-state index in [1.807, 2.05) is 6.92 Å². The predicted octanol–water partition coefficient (Wildman–Crippen LogP) is 4.09. The molecule has 2 heterocycles. The van der Waals surface area contributed by atoms with E-state index in [2.05, 4.69) is 5.32 Å². The second-order valence-corrected chi connectivity index (χ2v) is 8.26. The number of aromatic nitrogens is 1. The third kappa shape index (κ3) is 4.50. The number of pyridine rings is 1. The molecule has 1 aliphatic heterocycles. The lowest BCUT2D eigenvalue weighted by Gasteiger charge is -2.19. The zero-order valence-corrected chi connectivity index (χ0v) is 18.8. The Morgan fingerprint density at radius 1 is 0.971 bits per heavy atom. The molecular formula is C27H21FN2O5. The summed E-state index contributed by atoms with van der Waals surface area (Å²) in [5.41, 5.74) is 1.42. The molecule has 0 atom stereocenters. The molecule has 0 saturated carbocycles. The minimum absolute atomic E-state index is 0.0232. The highest BCUT2D eigenvalue weighted by atomic mass is 19.1. The van der Waals surface area contributed by atoms with Crippen LogP contribution in [0.5, 0.6) is 11.5 Å². The third-order valence-corrected chi connectivity index (χ3v) is 5.74. The SMILES string of the molecule is Cc1ccc(C(=O)c2cn(CC(=O)Nc3ccc4c(c3)OCCO4)c3ccc(F)cc3c2=O)cc1. The van der Waals surface area contributed by atoms with E-state index in [-0.39, 0.29) is 17.5 Å². The van der Waals surface area contributed by atoms with Crippen LogP contribution in [0.2, 0.25) is 0 Å². The first-order valence-electron chi connectivity index (χ1n) is 11.0. The van der Waals surface area contributed by atoms with Crippen molar-refractivity contribution in [1.82, 2.24) is 4.57 Å². The monoisotopic (exact) mass is 472 g/mol. The van der Waals surface area contributed by atoms with E-state index in [9.17, 15) is 18.8 Å². The Hall–Kier alpha value is -4.46. The van der Waals surface area contributed by atoms with Gasteiger partial charge in [-0.05, 0) is 37.3 Å². The van der Waals surface area contributed by atoms with Gasteiger partial charge < -0.3 is 19.4 Å². The van der Waals surface area contributed by atoms with E-state index < -0.39 is 22.9 Å². The maximum absolute atomic E-state index is 14.0. The molecule has 1 N–H and O–H groups in total. The normalized spacial score (nSPS) is 12.4. The van der Waals surface area contributed by atoms with Gasteiger partial charge in [-0.3, -0.25) is 14.4 Å². The molecule has 1 aliphatic rings. The molecular weight excluding hydrogens is 451 g/mol. The lowest BCUT2D eigenvalue weighted by atomic mass is 10.0. The molecule has 0 bridgehead atoms. The van der Waals surface area contributed by atoms with Gasteiger partial charge in [-0.2, -0.15) is 0 Å². The Labute approximate surface area is 199 Å². The highest BCUT2D eigenvalue weighted by Crippen LogP contribution is 2.32. The van der Waals surface area contributed by atoms with Gasteiger partial charge in [0.15, 0.2) is 17.3 Å². The number of carbonyl (C=O) groups excluding carboxylic acids is 2. The van der Waals surface area contributed by atoms with Crippen molar-refractivity contribution in [2.75, 3.05) is 18.5 Å². The maximum Gasteiger partial charge on any atom is 0.244 e. The highest BCUT2D eigenvalue weighted by molar-refractivity contribution is 6.10. The molecule has 0 radical (unpaired) electrons. The average Bonchev–Trinajstić information content (AvgIpc) is 2.85. The minimum atomic E-state index is -0.609. The summed E-state index contributed by atoms with van der Waals surface area (Å²) in [7, 11) is 0. The smallest absolute Gasteiger partial charge is 0.244 e. The number of amides is 1. The zero-order valence-electron chi connectivity index (χ0n) is 18.8. The number of rotatable bonds is 5.